The van der Waals surface area contributed by atoms with Crippen molar-refractivity contribution >= 4 is 28.6 Å². The zero-order valence-corrected chi connectivity index (χ0v) is 15.9. The van der Waals surface area contributed by atoms with Crippen LogP contribution in [0.2, 0.25) is 0 Å². The minimum Gasteiger partial charge on any atom is -0.378 e. The van der Waals surface area contributed by atoms with Crippen LogP contribution in [0.25, 0.3) is 11.3 Å². The number of thiazole rings is 1. The molecule has 1 saturated heterocycles. The van der Waals surface area contributed by atoms with Gasteiger partial charge in [-0.15, -0.1) is 0 Å². The maximum absolute atomic E-state index is 12.1. The molecule has 0 bridgehead atoms. The minimum absolute atomic E-state index is 0.302. The van der Waals surface area contributed by atoms with Gasteiger partial charge in [0.25, 0.3) is 5.91 Å². The minimum atomic E-state index is -0.302. The Balaban J connectivity index is 1.57. The lowest BCUT2D eigenvalue weighted by Gasteiger charge is -2.26. The predicted octanol–water partition coefficient (Wildman–Crippen LogP) is 2.81. The molecule has 142 valence electrons. The van der Waals surface area contributed by atoms with E-state index < -0.39 is 0 Å². The summed E-state index contributed by atoms with van der Waals surface area (Å²) < 4.78 is 5.43. The molecule has 1 aromatic carbocycles. The van der Waals surface area contributed by atoms with Crippen molar-refractivity contribution in [3.8, 4) is 11.3 Å². The zero-order chi connectivity index (χ0) is 19.2. The molecule has 0 aliphatic carbocycles. The van der Waals surface area contributed by atoms with Gasteiger partial charge in [-0.25, -0.2) is 10.4 Å². The molecular formula is C20H19N5O2S. The topological polar surface area (TPSA) is 79.7 Å². The number of carbonyl (C=O) groups is 1. The monoisotopic (exact) mass is 393 g/mol. The van der Waals surface area contributed by atoms with Crippen molar-refractivity contribution in [3.05, 3.63) is 65.3 Å². The highest BCUT2D eigenvalue weighted by Gasteiger charge is 2.18. The van der Waals surface area contributed by atoms with Crippen molar-refractivity contribution in [3.63, 3.8) is 0 Å². The number of pyridine rings is 1. The number of hydrogen-bond donors (Lipinski definition) is 1. The van der Waals surface area contributed by atoms with Crippen LogP contribution >= 0.6 is 11.3 Å². The lowest BCUT2D eigenvalue weighted by molar-refractivity contribution is 0.0954. The highest BCUT2D eigenvalue weighted by atomic mass is 32.1. The molecule has 0 saturated carbocycles. The third-order valence-electron chi connectivity index (χ3n) is 4.24. The van der Waals surface area contributed by atoms with Gasteiger partial charge in [-0.05, 0) is 12.1 Å². The van der Waals surface area contributed by atoms with Crippen LogP contribution in [0, 0.1) is 0 Å². The SMILES string of the molecule is O=C(NN=Cc1sc(N2CCOCC2)nc1-c1ccccc1)c1cccnc1. The van der Waals surface area contributed by atoms with E-state index in [1.54, 1.807) is 35.9 Å². The van der Waals surface area contributed by atoms with Crippen LogP contribution in [0.15, 0.2) is 60.0 Å². The smallest absolute Gasteiger partial charge is 0.272 e. The molecule has 1 fully saturated rings. The number of ether oxygens (including phenoxy) is 1. The predicted molar refractivity (Wildman–Crippen MR) is 110 cm³/mol. The lowest BCUT2D eigenvalue weighted by Crippen LogP contribution is -2.36. The van der Waals surface area contributed by atoms with E-state index in [9.17, 15) is 4.79 Å². The molecule has 2 aromatic heterocycles. The summed E-state index contributed by atoms with van der Waals surface area (Å²) in [7, 11) is 0. The first kappa shape index (κ1) is 18.3. The van der Waals surface area contributed by atoms with Crippen molar-refractivity contribution in [1.82, 2.24) is 15.4 Å². The second-order valence-corrected chi connectivity index (χ2v) is 7.12. The molecule has 1 N–H and O–H groups in total. The molecule has 4 rings (SSSR count). The maximum atomic E-state index is 12.1. The second kappa shape index (κ2) is 8.73. The maximum Gasteiger partial charge on any atom is 0.272 e. The fourth-order valence-electron chi connectivity index (χ4n) is 2.81. The van der Waals surface area contributed by atoms with Crippen LogP contribution in [0.3, 0.4) is 0 Å². The summed E-state index contributed by atoms with van der Waals surface area (Å²) in [4.78, 5) is 24.0. The van der Waals surface area contributed by atoms with Gasteiger partial charge in [0.05, 0.1) is 35.6 Å². The summed E-state index contributed by atoms with van der Waals surface area (Å²) in [5.41, 5.74) is 4.88. The van der Waals surface area contributed by atoms with Crippen LogP contribution in [0.5, 0.6) is 0 Å². The van der Waals surface area contributed by atoms with E-state index in [4.69, 9.17) is 9.72 Å². The van der Waals surface area contributed by atoms with Gasteiger partial charge in [0.15, 0.2) is 5.13 Å². The van der Waals surface area contributed by atoms with E-state index in [-0.39, 0.29) is 5.91 Å². The largest absolute Gasteiger partial charge is 0.378 e. The molecule has 3 aromatic rings. The van der Waals surface area contributed by atoms with Gasteiger partial charge in [0.2, 0.25) is 0 Å². The number of carbonyl (C=O) groups excluding carboxylic acids is 1. The van der Waals surface area contributed by atoms with Gasteiger partial charge in [0, 0.05) is 31.0 Å². The first-order chi connectivity index (χ1) is 13.8. The third-order valence-corrected chi connectivity index (χ3v) is 5.29. The standard InChI is InChI=1S/C20H19N5O2S/c26-19(16-7-4-8-21-13-16)24-22-14-17-18(15-5-2-1-3-6-15)23-20(28-17)25-9-11-27-12-10-25/h1-8,13-14H,9-12H2,(H,24,26). The third kappa shape index (κ3) is 4.24. The van der Waals surface area contributed by atoms with Crippen molar-refractivity contribution in [2.24, 2.45) is 5.10 Å². The average Bonchev–Trinajstić information content (AvgIpc) is 3.20. The summed E-state index contributed by atoms with van der Waals surface area (Å²) in [6, 6.07) is 13.4. The summed E-state index contributed by atoms with van der Waals surface area (Å²) in [5, 5.41) is 5.07. The number of hydrogen-bond acceptors (Lipinski definition) is 7. The van der Waals surface area contributed by atoms with Crippen LogP contribution in [-0.4, -0.2) is 48.4 Å². The van der Waals surface area contributed by atoms with Crippen molar-refractivity contribution in [2.45, 2.75) is 0 Å². The first-order valence-corrected chi connectivity index (χ1v) is 9.75. The molecule has 7 nitrogen and oxygen atoms in total. The Labute approximate surface area is 166 Å². The van der Waals surface area contributed by atoms with Crippen LogP contribution in [-0.2, 0) is 4.74 Å². The summed E-state index contributed by atoms with van der Waals surface area (Å²) >= 11 is 1.55. The quantitative estimate of drug-likeness (QED) is 0.533. The molecular weight excluding hydrogens is 374 g/mol. The van der Waals surface area contributed by atoms with Gasteiger partial charge in [-0.1, -0.05) is 41.7 Å². The van der Waals surface area contributed by atoms with Crippen LogP contribution in [0.4, 0.5) is 5.13 Å². The lowest BCUT2D eigenvalue weighted by atomic mass is 10.1. The van der Waals surface area contributed by atoms with E-state index >= 15 is 0 Å². The van der Waals surface area contributed by atoms with Gasteiger partial charge < -0.3 is 9.64 Å². The molecule has 1 aliphatic rings. The second-order valence-electron chi connectivity index (χ2n) is 6.12. The fourth-order valence-corrected chi connectivity index (χ4v) is 3.82. The molecule has 1 aliphatic heterocycles. The Morgan fingerprint density at radius 2 is 2.00 bits per heavy atom. The number of amides is 1. The average molecular weight is 393 g/mol. The Hall–Kier alpha value is -3.10. The molecule has 0 atom stereocenters. The van der Waals surface area contributed by atoms with Crippen LogP contribution < -0.4 is 10.3 Å². The molecule has 28 heavy (non-hydrogen) atoms. The Kier molecular flexibility index (Phi) is 5.69. The Morgan fingerprint density at radius 1 is 1.18 bits per heavy atom. The summed E-state index contributed by atoms with van der Waals surface area (Å²) in [6.45, 7) is 3.03. The van der Waals surface area contributed by atoms with E-state index in [1.165, 1.54) is 6.20 Å². The zero-order valence-electron chi connectivity index (χ0n) is 15.1. The molecule has 0 spiro atoms. The van der Waals surface area contributed by atoms with E-state index in [2.05, 4.69) is 20.4 Å². The molecule has 1 amide bonds. The van der Waals surface area contributed by atoms with Gasteiger partial charge >= 0.3 is 0 Å². The van der Waals surface area contributed by atoms with Gasteiger partial charge in [0.1, 0.15) is 0 Å². The fraction of sp³-hybridized carbons (Fsp3) is 0.200. The van der Waals surface area contributed by atoms with Gasteiger partial charge in [-0.2, -0.15) is 5.10 Å². The summed E-state index contributed by atoms with van der Waals surface area (Å²) in [5.74, 6) is -0.302. The van der Waals surface area contributed by atoms with E-state index in [0.717, 1.165) is 34.4 Å². The molecule has 0 radical (unpaired) electrons. The van der Waals surface area contributed by atoms with Crippen molar-refractivity contribution in [1.29, 1.82) is 0 Å². The number of hydrazone groups is 1. The van der Waals surface area contributed by atoms with E-state index in [1.807, 2.05) is 30.3 Å². The molecule has 3 heterocycles. The number of rotatable bonds is 5. The number of anilines is 1. The number of aromatic nitrogens is 2. The highest BCUT2D eigenvalue weighted by Crippen LogP contribution is 2.32. The number of morpholine rings is 1. The normalized spacial score (nSPS) is 14.4. The number of benzene rings is 1. The molecule has 0 unspecified atom stereocenters. The first-order valence-electron chi connectivity index (χ1n) is 8.93. The van der Waals surface area contributed by atoms with E-state index in [0.29, 0.717) is 18.8 Å². The number of nitrogens with one attached hydrogen (secondary N) is 1. The number of nitrogens with zero attached hydrogens (tertiary/aromatic N) is 4. The van der Waals surface area contributed by atoms with Crippen molar-refractivity contribution < 1.29 is 9.53 Å². The van der Waals surface area contributed by atoms with Gasteiger partial charge in [-0.3, -0.25) is 9.78 Å². The Bertz CT molecular complexity index is 953. The van der Waals surface area contributed by atoms with Crippen LogP contribution in [0.1, 0.15) is 15.2 Å². The van der Waals surface area contributed by atoms with Crippen molar-refractivity contribution in [2.75, 3.05) is 31.2 Å². The highest BCUT2D eigenvalue weighted by molar-refractivity contribution is 7.17. The Morgan fingerprint density at radius 3 is 2.75 bits per heavy atom. The summed E-state index contributed by atoms with van der Waals surface area (Å²) in [6.07, 6.45) is 4.78. The molecule has 8 heteroatoms.